The van der Waals surface area contributed by atoms with Crippen molar-refractivity contribution in [3.8, 4) is 0 Å². The molecule has 7 heteroatoms. The van der Waals surface area contributed by atoms with E-state index in [4.69, 9.17) is 0 Å². The highest BCUT2D eigenvalue weighted by atomic mass is 16.6. The predicted molar refractivity (Wildman–Crippen MR) is 84.0 cm³/mol. The van der Waals surface area contributed by atoms with Gasteiger partial charge in [-0.15, -0.1) is 0 Å². The molecule has 0 aliphatic carbocycles. The number of nitro groups is 1. The zero-order valence-corrected chi connectivity index (χ0v) is 12.3. The lowest BCUT2D eigenvalue weighted by Gasteiger charge is -2.18. The highest BCUT2D eigenvalue weighted by molar-refractivity contribution is 5.93. The Morgan fingerprint density at radius 2 is 2.00 bits per heavy atom. The van der Waals surface area contributed by atoms with Gasteiger partial charge < -0.3 is 10.2 Å². The maximum Gasteiger partial charge on any atom is 0.292 e. The Hall–Kier alpha value is -2.96. The molecule has 0 aliphatic heterocycles. The fourth-order valence-corrected chi connectivity index (χ4v) is 2.04. The molecule has 1 amide bonds. The first-order valence-corrected chi connectivity index (χ1v) is 6.65. The number of hydrogen-bond acceptors (Lipinski definition) is 5. The summed E-state index contributed by atoms with van der Waals surface area (Å²) in [7, 11) is 1.63. The molecule has 7 nitrogen and oxygen atoms in total. The first-order valence-electron chi connectivity index (χ1n) is 6.65. The van der Waals surface area contributed by atoms with E-state index < -0.39 is 4.92 Å². The summed E-state index contributed by atoms with van der Waals surface area (Å²) < 4.78 is 0. The third-order valence-corrected chi connectivity index (χ3v) is 3.03. The number of benzene rings is 1. The molecule has 0 unspecified atom stereocenters. The average Bonchev–Trinajstić information content (AvgIpc) is 2.47. The van der Waals surface area contributed by atoms with Crippen LogP contribution in [-0.4, -0.2) is 29.4 Å². The summed E-state index contributed by atoms with van der Waals surface area (Å²) in [5.41, 5.74) is 1.15. The van der Waals surface area contributed by atoms with Crippen LogP contribution >= 0.6 is 0 Å². The summed E-state index contributed by atoms with van der Waals surface area (Å²) in [6.07, 6.45) is 0. The van der Waals surface area contributed by atoms with Crippen LogP contribution in [-0.2, 0) is 4.79 Å². The number of amides is 1. The fraction of sp³-hybridized carbons (Fsp3) is 0.200. The van der Waals surface area contributed by atoms with Crippen LogP contribution in [0.15, 0.2) is 42.5 Å². The van der Waals surface area contributed by atoms with Crippen LogP contribution in [0.5, 0.6) is 0 Å². The van der Waals surface area contributed by atoms with E-state index in [1.807, 2.05) is 13.0 Å². The molecule has 0 radical (unpaired) electrons. The van der Waals surface area contributed by atoms with Crippen LogP contribution in [0, 0.1) is 17.0 Å². The van der Waals surface area contributed by atoms with Crippen molar-refractivity contribution in [1.29, 1.82) is 0 Å². The van der Waals surface area contributed by atoms with Gasteiger partial charge in [0.2, 0.25) is 5.91 Å². The van der Waals surface area contributed by atoms with Crippen molar-refractivity contribution in [2.75, 3.05) is 23.8 Å². The van der Waals surface area contributed by atoms with Crippen molar-refractivity contribution in [3.63, 3.8) is 0 Å². The zero-order chi connectivity index (χ0) is 16.1. The number of pyridine rings is 1. The van der Waals surface area contributed by atoms with Gasteiger partial charge in [0.05, 0.1) is 11.5 Å². The van der Waals surface area contributed by atoms with Crippen molar-refractivity contribution in [2.24, 2.45) is 0 Å². The van der Waals surface area contributed by atoms with Crippen LogP contribution in [0.25, 0.3) is 0 Å². The Bertz CT molecular complexity index is 703. The number of para-hydroxylation sites is 2. The van der Waals surface area contributed by atoms with Gasteiger partial charge in [-0.1, -0.05) is 18.2 Å². The van der Waals surface area contributed by atoms with Crippen LogP contribution in [0.1, 0.15) is 5.69 Å². The third kappa shape index (κ3) is 3.78. The summed E-state index contributed by atoms with van der Waals surface area (Å²) in [6.45, 7) is 1.82. The van der Waals surface area contributed by atoms with E-state index in [0.717, 1.165) is 5.69 Å². The van der Waals surface area contributed by atoms with E-state index in [1.165, 1.54) is 11.0 Å². The lowest BCUT2D eigenvalue weighted by molar-refractivity contribution is -0.384. The second-order valence-electron chi connectivity index (χ2n) is 4.81. The van der Waals surface area contributed by atoms with Gasteiger partial charge >= 0.3 is 0 Å². The molecule has 0 atom stereocenters. The number of rotatable bonds is 5. The fourth-order valence-electron chi connectivity index (χ4n) is 2.04. The van der Waals surface area contributed by atoms with E-state index in [9.17, 15) is 14.9 Å². The van der Waals surface area contributed by atoms with Crippen molar-refractivity contribution in [1.82, 2.24) is 4.98 Å². The molecule has 1 heterocycles. The van der Waals surface area contributed by atoms with E-state index in [1.54, 1.807) is 37.4 Å². The molecule has 0 fully saturated rings. The van der Waals surface area contributed by atoms with Gasteiger partial charge in [-0.05, 0) is 25.1 Å². The van der Waals surface area contributed by atoms with E-state index in [-0.39, 0.29) is 18.1 Å². The molecule has 1 aromatic carbocycles. The van der Waals surface area contributed by atoms with E-state index in [2.05, 4.69) is 10.3 Å². The molecule has 1 N–H and O–H groups in total. The molecule has 114 valence electrons. The number of nitrogens with zero attached hydrogens (tertiary/aromatic N) is 3. The predicted octanol–water partition coefficient (Wildman–Crippen LogP) is 2.37. The normalized spacial score (nSPS) is 10.1. The lowest BCUT2D eigenvalue weighted by Crippen LogP contribution is -2.30. The number of aromatic nitrogens is 1. The number of carbonyl (C=O) groups excluding carboxylic acids is 1. The van der Waals surface area contributed by atoms with Gasteiger partial charge in [0, 0.05) is 18.8 Å². The second kappa shape index (κ2) is 6.66. The molecule has 2 rings (SSSR count). The minimum atomic E-state index is -0.466. The summed E-state index contributed by atoms with van der Waals surface area (Å²) in [5.74, 6) is 0.166. The zero-order valence-electron chi connectivity index (χ0n) is 12.3. The van der Waals surface area contributed by atoms with Crippen LogP contribution in [0.2, 0.25) is 0 Å². The molecule has 0 saturated heterocycles. The number of anilines is 2. The molecule has 1 aromatic heterocycles. The van der Waals surface area contributed by atoms with Gasteiger partial charge in [0.1, 0.15) is 11.5 Å². The maximum absolute atomic E-state index is 12.0. The quantitative estimate of drug-likeness (QED) is 0.676. The third-order valence-electron chi connectivity index (χ3n) is 3.03. The number of nitrogens with one attached hydrogen (secondary N) is 1. The summed E-state index contributed by atoms with van der Waals surface area (Å²) in [5, 5.41) is 13.7. The van der Waals surface area contributed by atoms with Gasteiger partial charge in [-0.25, -0.2) is 4.98 Å². The minimum absolute atomic E-state index is 0.0134. The summed E-state index contributed by atoms with van der Waals surface area (Å²) in [4.78, 5) is 28.3. The number of hydrogen-bond donors (Lipinski definition) is 1. The molecular weight excluding hydrogens is 284 g/mol. The van der Waals surface area contributed by atoms with Crippen molar-refractivity contribution < 1.29 is 9.72 Å². The van der Waals surface area contributed by atoms with Gasteiger partial charge in [0.25, 0.3) is 5.69 Å². The molecule has 0 spiro atoms. The molecule has 2 aromatic rings. The van der Waals surface area contributed by atoms with Crippen molar-refractivity contribution in [3.05, 3.63) is 58.3 Å². The Kier molecular flexibility index (Phi) is 4.67. The Balaban J connectivity index is 2.07. The number of likely N-dealkylation sites (N-methyl/N-ethyl adjacent to an activating group) is 1. The number of nitro benzene ring substituents is 1. The average molecular weight is 300 g/mol. The topological polar surface area (TPSA) is 88.4 Å². The monoisotopic (exact) mass is 300 g/mol. The SMILES string of the molecule is Cc1cccc(NC(=O)CN(C)c2ccccc2[N+](=O)[O-])n1. The molecule has 0 saturated carbocycles. The molecule has 22 heavy (non-hydrogen) atoms. The standard InChI is InChI=1S/C15H16N4O3/c1-11-6-5-9-14(16-11)17-15(20)10-18(2)12-7-3-4-8-13(12)19(21)22/h3-9H,10H2,1-2H3,(H,16,17,20). The van der Waals surface area contributed by atoms with Gasteiger partial charge in [-0.2, -0.15) is 0 Å². The van der Waals surface area contributed by atoms with Gasteiger partial charge in [0.15, 0.2) is 0 Å². The van der Waals surface area contributed by atoms with Crippen molar-refractivity contribution in [2.45, 2.75) is 6.92 Å². The number of aryl methyl sites for hydroxylation is 1. The first-order chi connectivity index (χ1) is 10.5. The van der Waals surface area contributed by atoms with Crippen LogP contribution < -0.4 is 10.2 Å². The second-order valence-corrected chi connectivity index (χ2v) is 4.81. The molecule has 0 bridgehead atoms. The smallest absolute Gasteiger partial charge is 0.292 e. The largest absolute Gasteiger partial charge is 0.360 e. The van der Waals surface area contributed by atoms with E-state index >= 15 is 0 Å². The Morgan fingerprint density at radius 1 is 1.27 bits per heavy atom. The first kappa shape index (κ1) is 15.4. The minimum Gasteiger partial charge on any atom is -0.360 e. The van der Waals surface area contributed by atoms with Gasteiger partial charge in [-0.3, -0.25) is 14.9 Å². The summed E-state index contributed by atoms with van der Waals surface area (Å²) in [6, 6.07) is 11.6. The maximum atomic E-state index is 12.0. The van der Waals surface area contributed by atoms with E-state index in [0.29, 0.717) is 11.5 Å². The molecular formula is C15H16N4O3. The molecule has 0 aliphatic rings. The Labute approximate surface area is 127 Å². The Morgan fingerprint density at radius 3 is 2.68 bits per heavy atom. The highest BCUT2D eigenvalue weighted by Gasteiger charge is 2.18. The lowest BCUT2D eigenvalue weighted by atomic mass is 10.2. The van der Waals surface area contributed by atoms with Crippen molar-refractivity contribution >= 4 is 23.1 Å². The van der Waals surface area contributed by atoms with Crippen LogP contribution in [0.4, 0.5) is 17.2 Å². The van der Waals surface area contributed by atoms with Crippen LogP contribution in [0.3, 0.4) is 0 Å². The number of carbonyl (C=O) groups is 1. The highest BCUT2D eigenvalue weighted by Crippen LogP contribution is 2.26. The summed E-state index contributed by atoms with van der Waals surface area (Å²) >= 11 is 0.